The highest BCUT2D eigenvalue weighted by Gasteiger charge is 2.64. The number of carbonyl (C=O) groups excluding carboxylic acids is 2. The van der Waals surface area contributed by atoms with Gasteiger partial charge in [-0.1, -0.05) is 23.3 Å². The first-order valence-electron chi connectivity index (χ1n) is 16.7. The smallest absolute Gasteiger partial charge is 0.311 e. The number of rotatable bonds is 4. The number of carbonyl (C=O) groups is 2. The number of piperazine rings is 1. The lowest BCUT2D eigenvalue weighted by molar-refractivity contribution is -0.146. The summed E-state index contributed by atoms with van der Waals surface area (Å²) in [6.07, 6.45) is 12.6. The molecule has 42 heavy (non-hydrogen) atoms. The van der Waals surface area contributed by atoms with Crippen LogP contribution in [0.4, 0.5) is 0 Å². The summed E-state index contributed by atoms with van der Waals surface area (Å²) in [7, 11) is 0. The molecule has 232 valence electrons. The summed E-state index contributed by atoms with van der Waals surface area (Å²) in [6, 6.07) is 0. The van der Waals surface area contributed by atoms with E-state index in [1.165, 1.54) is 11.1 Å². The minimum Gasteiger partial charge on any atom is -0.459 e. The third kappa shape index (κ3) is 5.50. The summed E-state index contributed by atoms with van der Waals surface area (Å²) in [6.45, 7) is 13.9. The van der Waals surface area contributed by atoms with Gasteiger partial charge in [0, 0.05) is 51.1 Å². The maximum Gasteiger partial charge on any atom is 0.311 e. The average Bonchev–Trinajstić information content (AvgIpc) is 3.75. The summed E-state index contributed by atoms with van der Waals surface area (Å²) in [4.78, 5) is 31.3. The number of fused-ring (bicyclic) bond motifs is 6. The van der Waals surface area contributed by atoms with E-state index < -0.39 is 0 Å². The largest absolute Gasteiger partial charge is 0.459 e. The Bertz CT molecular complexity index is 1060. The first-order valence-corrected chi connectivity index (χ1v) is 16.7. The number of ether oxygens (including phenoxy) is 4. The van der Waals surface area contributed by atoms with Crippen LogP contribution in [-0.4, -0.2) is 96.6 Å². The van der Waals surface area contributed by atoms with Gasteiger partial charge in [-0.15, -0.1) is 0 Å². The van der Waals surface area contributed by atoms with Crippen molar-refractivity contribution in [1.82, 2.24) is 9.80 Å². The monoisotopic (exact) mass is 582 g/mol. The Kier molecular flexibility index (Phi) is 7.60. The highest BCUT2D eigenvalue weighted by molar-refractivity contribution is 5.76. The van der Waals surface area contributed by atoms with Gasteiger partial charge in [-0.05, 0) is 79.1 Å². The zero-order valence-corrected chi connectivity index (χ0v) is 26.0. The third-order valence-corrected chi connectivity index (χ3v) is 11.9. The Balaban J connectivity index is 0.964. The van der Waals surface area contributed by atoms with Crippen molar-refractivity contribution >= 4 is 11.9 Å². The molecule has 0 aromatic carbocycles. The lowest BCUT2D eigenvalue weighted by Crippen LogP contribution is -2.50. The molecule has 2 unspecified atom stereocenters. The standard InChI is InChI=1S/C34H50N2O6/c1-21-7-5-13-33(3)29(41-33)27-23(11-9-21)25(31(37)39-27)19-35-15-17-36(18-16-35)20-26-24-12-10-22(2)8-6-14-34(4)30(42-34)28(24)40-32(26)38/h7-8,23-30H,5-6,9-20H2,1-4H3/b21-7+,22-8+/t23-,24-,25?,26?,27-,28-,29-,30-,33+,34+/m0/s1. The van der Waals surface area contributed by atoms with Gasteiger partial charge in [-0.2, -0.15) is 0 Å². The Labute approximate surface area is 251 Å². The topological polar surface area (TPSA) is 84.1 Å². The van der Waals surface area contributed by atoms with Gasteiger partial charge in [0.15, 0.2) is 0 Å². The molecule has 5 aliphatic heterocycles. The minimum atomic E-state index is -0.160. The lowest BCUT2D eigenvalue weighted by atomic mass is 9.80. The molecule has 10 atom stereocenters. The SMILES string of the molecule is C/C1=C\CC[C@@]2(C)O[C@H]2[C@H]2OC(=O)C(CN3CCN(CC4C(=O)O[C@H]5[C@H]4CC/C(C)=C/CC[C@@]4(C)O[C@@H]54)CC3)[C@@H]2CC1. The molecule has 0 amide bonds. The van der Waals surface area contributed by atoms with Crippen LogP contribution in [0.5, 0.6) is 0 Å². The van der Waals surface area contributed by atoms with Gasteiger partial charge < -0.3 is 18.9 Å². The Morgan fingerprint density at radius 2 is 1.12 bits per heavy atom. The van der Waals surface area contributed by atoms with Crippen molar-refractivity contribution in [2.75, 3.05) is 39.3 Å². The van der Waals surface area contributed by atoms with Crippen molar-refractivity contribution in [2.45, 2.75) is 115 Å². The zero-order valence-electron chi connectivity index (χ0n) is 26.0. The number of esters is 2. The molecule has 0 N–H and O–H groups in total. The summed E-state index contributed by atoms with van der Waals surface area (Å²) in [5.74, 6) is 0.129. The van der Waals surface area contributed by atoms with Crippen LogP contribution in [0, 0.1) is 23.7 Å². The molecule has 2 aliphatic carbocycles. The van der Waals surface area contributed by atoms with E-state index in [1.54, 1.807) is 0 Å². The van der Waals surface area contributed by atoms with Gasteiger partial charge in [-0.3, -0.25) is 19.4 Å². The normalized spacial score (nSPS) is 48.7. The molecule has 7 rings (SSSR count). The third-order valence-electron chi connectivity index (χ3n) is 11.9. The minimum absolute atomic E-state index is 0.0373. The van der Waals surface area contributed by atoms with Crippen molar-refractivity contribution in [3.8, 4) is 0 Å². The first-order chi connectivity index (χ1) is 20.1. The molecule has 7 aliphatic rings. The number of hydrogen-bond acceptors (Lipinski definition) is 8. The molecule has 8 nitrogen and oxygen atoms in total. The maximum absolute atomic E-state index is 13.2. The van der Waals surface area contributed by atoms with E-state index in [-0.39, 0.29) is 71.2 Å². The molecule has 8 heteroatoms. The van der Waals surface area contributed by atoms with Crippen molar-refractivity contribution in [2.24, 2.45) is 23.7 Å². The summed E-state index contributed by atoms with van der Waals surface area (Å²) >= 11 is 0. The van der Waals surface area contributed by atoms with Gasteiger partial charge in [0.25, 0.3) is 0 Å². The highest BCUT2D eigenvalue weighted by atomic mass is 16.7. The van der Waals surface area contributed by atoms with Crippen LogP contribution in [-0.2, 0) is 28.5 Å². The number of allylic oxidation sites excluding steroid dienone is 4. The predicted molar refractivity (Wildman–Crippen MR) is 158 cm³/mol. The van der Waals surface area contributed by atoms with Crippen LogP contribution in [0.1, 0.15) is 79.1 Å². The number of epoxide rings is 2. The van der Waals surface area contributed by atoms with Crippen LogP contribution in [0.15, 0.2) is 23.3 Å². The predicted octanol–water partition coefficient (Wildman–Crippen LogP) is 4.28. The molecule has 0 spiro atoms. The fourth-order valence-corrected chi connectivity index (χ4v) is 8.81. The second-order valence-electron chi connectivity index (χ2n) is 14.9. The van der Waals surface area contributed by atoms with Crippen molar-refractivity contribution in [1.29, 1.82) is 0 Å². The number of hydrogen-bond donors (Lipinski definition) is 0. The van der Waals surface area contributed by atoms with Crippen LogP contribution in [0.2, 0.25) is 0 Å². The van der Waals surface area contributed by atoms with Crippen LogP contribution in [0.25, 0.3) is 0 Å². The fraction of sp³-hybridized carbons (Fsp3) is 0.824. The molecule has 5 heterocycles. The van der Waals surface area contributed by atoms with Gasteiger partial charge in [-0.25, -0.2) is 0 Å². The summed E-state index contributed by atoms with van der Waals surface area (Å²) in [5, 5.41) is 0. The van der Waals surface area contributed by atoms with Crippen LogP contribution >= 0.6 is 0 Å². The van der Waals surface area contributed by atoms with Crippen LogP contribution < -0.4 is 0 Å². The van der Waals surface area contributed by atoms with E-state index in [1.807, 2.05) is 0 Å². The molecule has 5 fully saturated rings. The van der Waals surface area contributed by atoms with Crippen molar-refractivity contribution in [3.05, 3.63) is 23.3 Å². The van der Waals surface area contributed by atoms with E-state index >= 15 is 0 Å². The average molecular weight is 583 g/mol. The molecule has 0 aromatic heterocycles. The molecule has 0 aromatic rings. The second kappa shape index (κ2) is 11.0. The first kappa shape index (κ1) is 29.0. The Morgan fingerprint density at radius 1 is 0.714 bits per heavy atom. The van der Waals surface area contributed by atoms with Gasteiger partial charge in [0.05, 0.1) is 23.0 Å². The number of nitrogens with zero attached hydrogens (tertiary/aromatic N) is 2. The highest BCUT2D eigenvalue weighted by Crippen LogP contribution is 2.51. The summed E-state index contributed by atoms with van der Waals surface area (Å²) in [5.41, 5.74) is 2.50. The zero-order chi connectivity index (χ0) is 29.2. The molecule has 0 bridgehead atoms. The van der Waals surface area contributed by atoms with E-state index in [9.17, 15) is 9.59 Å². The van der Waals surface area contributed by atoms with Gasteiger partial charge in [0.1, 0.15) is 24.4 Å². The van der Waals surface area contributed by atoms with Gasteiger partial charge in [0.2, 0.25) is 0 Å². The van der Waals surface area contributed by atoms with E-state index in [2.05, 4.69) is 49.6 Å². The van der Waals surface area contributed by atoms with Crippen molar-refractivity contribution < 1.29 is 28.5 Å². The Morgan fingerprint density at radius 3 is 1.52 bits per heavy atom. The van der Waals surface area contributed by atoms with Crippen LogP contribution in [0.3, 0.4) is 0 Å². The van der Waals surface area contributed by atoms with Crippen molar-refractivity contribution in [3.63, 3.8) is 0 Å². The molecule has 0 saturated carbocycles. The molecular formula is C34H50N2O6. The van der Waals surface area contributed by atoms with Gasteiger partial charge >= 0.3 is 11.9 Å². The molecule has 5 saturated heterocycles. The molecular weight excluding hydrogens is 532 g/mol. The fourth-order valence-electron chi connectivity index (χ4n) is 8.81. The maximum atomic E-state index is 13.2. The lowest BCUT2D eigenvalue weighted by Gasteiger charge is -2.37. The van der Waals surface area contributed by atoms with E-state index in [0.29, 0.717) is 0 Å². The van der Waals surface area contributed by atoms with E-state index in [0.717, 1.165) is 90.6 Å². The Hall–Kier alpha value is -1.74. The molecule has 0 radical (unpaired) electrons. The van der Waals surface area contributed by atoms with E-state index in [4.69, 9.17) is 18.9 Å². The quantitative estimate of drug-likeness (QED) is 0.276. The second-order valence-corrected chi connectivity index (χ2v) is 14.9. The summed E-state index contributed by atoms with van der Waals surface area (Å²) < 4.78 is 24.4.